The maximum Gasteiger partial charge on any atom is 0.341 e. The van der Waals surface area contributed by atoms with Crippen molar-refractivity contribution >= 4 is 28.6 Å². The van der Waals surface area contributed by atoms with E-state index in [2.05, 4.69) is 42.3 Å². The van der Waals surface area contributed by atoms with E-state index in [9.17, 15) is 4.79 Å². The standard InChI is InChI=1S/C28H34N6O5/c1-18-24(6-11-37-18)39-27(35)19-16-31-28(32-17-19)33-20-2-4-22(5-3-20)38-25-15-21(34-9-12-36-13-10-34)14-23-26(25)30-8-7-29-23/h7-8,14-18,20,22,24H,2-6,9-13H2,1H3,(H,31,32,33)/t18?,20-,22+,24?. The summed E-state index contributed by atoms with van der Waals surface area (Å²) in [5.41, 5.74) is 3.05. The molecule has 1 N–H and O–H groups in total. The van der Waals surface area contributed by atoms with Gasteiger partial charge in [-0.3, -0.25) is 4.98 Å². The van der Waals surface area contributed by atoms with Gasteiger partial charge in [0.15, 0.2) is 0 Å². The lowest BCUT2D eigenvalue weighted by Gasteiger charge is -2.31. The Morgan fingerprint density at radius 3 is 2.49 bits per heavy atom. The normalized spacial score (nSPS) is 25.4. The van der Waals surface area contributed by atoms with E-state index in [0.717, 1.165) is 74.5 Å². The van der Waals surface area contributed by atoms with Crippen LogP contribution >= 0.6 is 0 Å². The number of hydrogen-bond acceptors (Lipinski definition) is 11. The molecule has 3 fully saturated rings. The molecule has 0 spiro atoms. The van der Waals surface area contributed by atoms with Crippen LogP contribution in [0.1, 0.15) is 49.4 Å². The molecule has 2 aliphatic heterocycles. The minimum Gasteiger partial charge on any atom is -0.488 e. The fourth-order valence-electron chi connectivity index (χ4n) is 5.39. The van der Waals surface area contributed by atoms with E-state index in [0.29, 0.717) is 24.5 Å². The molecule has 2 unspecified atom stereocenters. The maximum atomic E-state index is 12.4. The van der Waals surface area contributed by atoms with Gasteiger partial charge in [0.1, 0.15) is 17.4 Å². The fraction of sp³-hybridized carbons (Fsp3) is 0.536. The lowest BCUT2D eigenvalue weighted by Crippen LogP contribution is -2.36. The largest absolute Gasteiger partial charge is 0.488 e. The number of ether oxygens (including phenoxy) is 4. The van der Waals surface area contributed by atoms with Crippen LogP contribution in [0.25, 0.3) is 11.0 Å². The van der Waals surface area contributed by atoms with Crippen LogP contribution in [0.5, 0.6) is 5.75 Å². The summed E-state index contributed by atoms with van der Waals surface area (Å²) in [6, 6.07) is 4.40. The molecule has 0 radical (unpaired) electrons. The first-order valence-electron chi connectivity index (χ1n) is 13.8. The highest BCUT2D eigenvalue weighted by Crippen LogP contribution is 2.33. The zero-order valence-corrected chi connectivity index (χ0v) is 22.1. The van der Waals surface area contributed by atoms with Gasteiger partial charge < -0.3 is 29.2 Å². The lowest BCUT2D eigenvalue weighted by atomic mass is 9.93. The Hall–Kier alpha value is -3.57. The van der Waals surface area contributed by atoms with Gasteiger partial charge in [0.2, 0.25) is 5.95 Å². The van der Waals surface area contributed by atoms with Gasteiger partial charge in [-0.25, -0.2) is 19.7 Å². The smallest absolute Gasteiger partial charge is 0.341 e. The van der Waals surface area contributed by atoms with Gasteiger partial charge in [0.25, 0.3) is 0 Å². The summed E-state index contributed by atoms with van der Waals surface area (Å²) in [5.74, 6) is 0.868. The molecular formula is C28H34N6O5. The number of carbonyl (C=O) groups is 1. The molecule has 206 valence electrons. The summed E-state index contributed by atoms with van der Waals surface area (Å²) in [4.78, 5) is 32.5. The van der Waals surface area contributed by atoms with Crippen molar-refractivity contribution < 1.29 is 23.7 Å². The van der Waals surface area contributed by atoms with E-state index >= 15 is 0 Å². The summed E-state index contributed by atoms with van der Waals surface area (Å²) in [6.45, 7) is 5.65. The molecule has 0 amide bonds. The van der Waals surface area contributed by atoms with Crippen molar-refractivity contribution in [3.8, 4) is 5.75 Å². The first-order valence-corrected chi connectivity index (χ1v) is 13.8. The molecule has 1 aliphatic carbocycles. The number of aromatic nitrogens is 4. The molecular weight excluding hydrogens is 500 g/mol. The Morgan fingerprint density at radius 1 is 0.974 bits per heavy atom. The number of esters is 1. The van der Waals surface area contributed by atoms with Crippen LogP contribution in [0.4, 0.5) is 11.6 Å². The minimum atomic E-state index is -0.420. The third kappa shape index (κ3) is 6.04. The van der Waals surface area contributed by atoms with Crippen molar-refractivity contribution in [3.63, 3.8) is 0 Å². The van der Waals surface area contributed by atoms with Gasteiger partial charge in [-0.05, 0) is 38.7 Å². The third-order valence-electron chi connectivity index (χ3n) is 7.65. The molecule has 3 aromatic rings. The molecule has 11 nitrogen and oxygen atoms in total. The molecule has 1 saturated carbocycles. The van der Waals surface area contributed by atoms with Gasteiger partial charge >= 0.3 is 5.97 Å². The Morgan fingerprint density at radius 2 is 1.74 bits per heavy atom. The number of nitrogens with zero attached hydrogens (tertiary/aromatic N) is 5. The van der Waals surface area contributed by atoms with Gasteiger partial charge in [-0.15, -0.1) is 0 Å². The molecule has 3 aliphatic rings. The van der Waals surface area contributed by atoms with Crippen LogP contribution in [0.3, 0.4) is 0 Å². The Balaban J connectivity index is 1.04. The second-order valence-electron chi connectivity index (χ2n) is 10.3. The zero-order chi connectivity index (χ0) is 26.6. The second-order valence-corrected chi connectivity index (χ2v) is 10.3. The zero-order valence-electron chi connectivity index (χ0n) is 22.1. The first kappa shape index (κ1) is 25.7. The molecule has 4 heterocycles. The number of fused-ring (bicyclic) bond motifs is 1. The highest BCUT2D eigenvalue weighted by atomic mass is 16.6. The average Bonchev–Trinajstić information content (AvgIpc) is 3.38. The monoisotopic (exact) mass is 534 g/mol. The van der Waals surface area contributed by atoms with E-state index in [-0.39, 0.29) is 24.4 Å². The number of anilines is 2. The molecule has 6 rings (SSSR count). The maximum absolute atomic E-state index is 12.4. The van der Waals surface area contributed by atoms with Gasteiger partial charge in [-0.1, -0.05) is 0 Å². The van der Waals surface area contributed by atoms with Gasteiger partial charge in [0, 0.05) is 62.1 Å². The van der Waals surface area contributed by atoms with E-state index in [1.807, 2.05) is 6.92 Å². The highest BCUT2D eigenvalue weighted by Gasteiger charge is 2.29. The van der Waals surface area contributed by atoms with E-state index < -0.39 is 5.97 Å². The Kier molecular flexibility index (Phi) is 7.69. The van der Waals surface area contributed by atoms with Crippen molar-refractivity contribution in [2.75, 3.05) is 43.1 Å². The number of carbonyl (C=O) groups excluding carboxylic acids is 1. The van der Waals surface area contributed by atoms with Gasteiger partial charge in [0.05, 0.1) is 43.1 Å². The minimum absolute atomic E-state index is 0.0877. The van der Waals surface area contributed by atoms with Crippen LogP contribution in [0.15, 0.2) is 36.9 Å². The molecule has 39 heavy (non-hydrogen) atoms. The van der Waals surface area contributed by atoms with Crippen molar-refractivity contribution in [3.05, 3.63) is 42.5 Å². The number of benzene rings is 1. The van der Waals surface area contributed by atoms with Crippen molar-refractivity contribution in [1.82, 2.24) is 19.9 Å². The number of morpholine rings is 1. The molecule has 2 saturated heterocycles. The summed E-state index contributed by atoms with van der Waals surface area (Å²) in [5, 5.41) is 3.40. The summed E-state index contributed by atoms with van der Waals surface area (Å²) >= 11 is 0. The SMILES string of the molecule is CC1OCCC1OC(=O)c1cnc(N[C@H]2CC[C@@H](Oc3cc(N4CCOCC4)cc4nccnc34)CC2)nc1. The first-order chi connectivity index (χ1) is 19.1. The van der Waals surface area contributed by atoms with E-state index in [1.54, 1.807) is 12.4 Å². The second kappa shape index (κ2) is 11.7. The molecule has 0 bridgehead atoms. The average molecular weight is 535 g/mol. The van der Waals surface area contributed by atoms with Crippen LogP contribution in [0, 0.1) is 0 Å². The predicted octanol–water partition coefficient (Wildman–Crippen LogP) is 3.39. The third-order valence-corrected chi connectivity index (χ3v) is 7.65. The Bertz CT molecular complexity index is 1280. The van der Waals surface area contributed by atoms with E-state index in [4.69, 9.17) is 18.9 Å². The van der Waals surface area contributed by atoms with E-state index in [1.165, 1.54) is 12.4 Å². The van der Waals surface area contributed by atoms with Crippen LogP contribution in [-0.2, 0) is 14.2 Å². The fourth-order valence-corrected chi connectivity index (χ4v) is 5.39. The molecule has 11 heteroatoms. The molecule has 2 atom stereocenters. The summed E-state index contributed by atoms with van der Waals surface area (Å²) in [7, 11) is 0. The van der Waals surface area contributed by atoms with Crippen molar-refractivity contribution in [1.29, 1.82) is 0 Å². The highest BCUT2D eigenvalue weighted by molar-refractivity contribution is 5.89. The molecule has 2 aromatic heterocycles. The Labute approximate surface area is 227 Å². The molecule has 1 aromatic carbocycles. The van der Waals surface area contributed by atoms with Crippen LogP contribution in [0.2, 0.25) is 0 Å². The number of hydrogen-bond donors (Lipinski definition) is 1. The topological polar surface area (TPSA) is 121 Å². The van der Waals surface area contributed by atoms with Crippen LogP contribution in [-0.4, -0.2) is 83.2 Å². The number of rotatable bonds is 7. The van der Waals surface area contributed by atoms with Crippen molar-refractivity contribution in [2.24, 2.45) is 0 Å². The van der Waals surface area contributed by atoms with Crippen molar-refractivity contribution in [2.45, 2.75) is 63.4 Å². The number of nitrogens with one attached hydrogen (secondary N) is 1. The summed E-state index contributed by atoms with van der Waals surface area (Å²) in [6.07, 6.45) is 10.6. The quantitative estimate of drug-likeness (QED) is 0.449. The van der Waals surface area contributed by atoms with Gasteiger partial charge in [-0.2, -0.15) is 0 Å². The predicted molar refractivity (Wildman–Crippen MR) is 144 cm³/mol. The lowest BCUT2D eigenvalue weighted by molar-refractivity contribution is 0.00621. The summed E-state index contributed by atoms with van der Waals surface area (Å²) < 4.78 is 23.0. The van der Waals surface area contributed by atoms with Crippen LogP contribution < -0.4 is 15.0 Å².